The van der Waals surface area contributed by atoms with E-state index in [-0.39, 0.29) is 0 Å². The van der Waals surface area contributed by atoms with Gasteiger partial charge in [0.05, 0.1) is 5.71 Å². The summed E-state index contributed by atoms with van der Waals surface area (Å²) < 4.78 is 0. The number of hydrogen-bond donors (Lipinski definition) is 2. The second kappa shape index (κ2) is 4.47. The van der Waals surface area contributed by atoms with E-state index in [0.29, 0.717) is 5.41 Å². The molecule has 3 N–H and O–H groups in total. The number of urea groups is 1. The van der Waals surface area contributed by atoms with Crippen molar-refractivity contribution in [2.45, 2.75) is 40.0 Å². The Morgan fingerprint density at radius 1 is 1.60 bits per heavy atom. The fourth-order valence-corrected chi connectivity index (χ4v) is 1.62. The molecule has 0 fully saturated rings. The van der Waals surface area contributed by atoms with Crippen molar-refractivity contribution < 1.29 is 4.79 Å². The molecule has 0 radical (unpaired) electrons. The first-order valence-corrected chi connectivity index (χ1v) is 5.20. The quantitative estimate of drug-likeness (QED) is 0.531. The van der Waals surface area contributed by atoms with E-state index < -0.39 is 6.03 Å². The Morgan fingerprint density at radius 3 is 2.73 bits per heavy atom. The van der Waals surface area contributed by atoms with Crippen LogP contribution in [0.3, 0.4) is 0 Å². The molecule has 2 amide bonds. The summed E-state index contributed by atoms with van der Waals surface area (Å²) in [6, 6.07) is -0.619. The third kappa shape index (κ3) is 3.73. The summed E-state index contributed by atoms with van der Waals surface area (Å²) in [7, 11) is 0. The second-order valence-corrected chi connectivity index (χ2v) is 4.77. The molecule has 15 heavy (non-hydrogen) atoms. The van der Waals surface area contributed by atoms with Crippen LogP contribution in [0.1, 0.15) is 40.0 Å². The second-order valence-electron chi connectivity index (χ2n) is 4.77. The van der Waals surface area contributed by atoms with Gasteiger partial charge in [0.25, 0.3) is 0 Å². The highest BCUT2D eigenvalue weighted by atomic mass is 16.2. The summed E-state index contributed by atoms with van der Waals surface area (Å²) in [6.07, 6.45) is 5.43. The van der Waals surface area contributed by atoms with Gasteiger partial charge >= 0.3 is 6.03 Å². The highest BCUT2D eigenvalue weighted by Gasteiger charge is 2.22. The van der Waals surface area contributed by atoms with E-state index in [1.54, 1.807) is 0 Å². The van der Waals surface area contributed by atoms with E-state index in [1.807, 2.05) is 6.92 Å². The van der Waals surface area contributed by atoms with Crippen molar-refractivity contribution in [2.24, 2.45) is 16.3 Å². The third-order valence-corrected chi connectivity index (χ3v) is 2.77. The van der Waals surface area contributed by atoms with Crippen LogP contribution in [0, 0.1) is 5.41 Å². The van der Waals surface area contributed by atoms with Gasteiger partial charge in [0.1, 0.15) is 0 Å². The van der Waals surface area contributed by atoms with Gasteiger partial charge in [-0.3, -0.25) is 0 Å². The molecule has 1 rings (SSSR count). The third-order valence-electron chi connectivity index (χ3n) is 2.77. The molecular formula is C11H19N3O. The maximum Gasteiger partial charge on any atom is 0.332 e. The van der Waals surface area contributed by atoms with Crippen LogP contribution in [0.15, 0.2) is 16.8 Å². The molecule has 0 spiro atoms. The van der Waals surface area contributed by atoms with Gasteiger partial charge in [-0.25, -0.2) is 10.2 Å². The standard InChI is InChI=1S/C11H19N3O/c1-8(13-14-10(12)15)9-4-6-11(2,3)7-5-9/h4H,5-7H2,1-3H3,(H3,12,14,15)/b13-8+. The lowest BCUT2D eigenvalue weighted by Gasteiger charge is -2.28. The van der Waals surface area contributed by atoms with Crippen molar-refractivity contribution in [3.8, 4) is 0 Å². The first-order valence-electron chi connectivity index (χ1n) is 5.20. The van der Waals surface area contributed by atoms with Crippen LogP contribution in [0.2, 0.25) is 0 Å². The van der Waals surface area contributed by atoms with E-state index in [9.17, 15) is 4.79 Å². The van der Waals surface area contributed by atoms with Crippen molar-refractivity contribution in [3.63, 3.8) is 0 Å². The van der Waals surface area contributed by atoms with Gasteiger partial charge in [-0.2, -0.15) is 5.10 Å². The monoisotopic (exact) mass is 209 g/mol. The maximum atomic E-state index is 10.5. The summed E-state index contributed by atoms with van der Waals surface area (Å²) in [5.74, 6) is 0. The topological polar surface area (TPSA) is 67.5 Å². The first kappa shape index (κ1) is 11.8. The van der Waals surface area contributed by atoms with E-state index in [4.69, 9.17) is 5.73 Å². The minimum Gasteiger partial charge on any atom is -0.350 e. The van der Waals surface area contributed by atoms with E-state index in [0.717, 1.165) is 25.0 Å². The average molecular weight is 209 g/mol. The molecule has 0 aromatic heterocycles. The Labute approximate surface area is 90.6 Å². The molecule has 0 atom stereocenters. The van der Waals surface area contributed by atoms with Crippen molar-refractivity contribution in [3.05, 3.63) is 11.6 Å². The molecule has 4 nitrogen and oxygen atoms in total. The zero-order valence-corrected chi connectivity index (χ0v) is 9.63. The lowest BCUT2D eigenvalue weighted by molar-refractivity contribution is 0.249. The Morgan fingerprint density at radius 2 is 2.27 bits per heavy atom. The average Bonchev–Trinajstić information content (AvgIpc) is 2.14. The van der Waals surface area contributed by atoms with Gasteiger partial charge < -0.3 is 5.73 Å². The fraction of sp³-hybridized carbons (Fsp3) is 0.636. The van der Waals surface area contributed by atoms with Crippen LogP contribution in [0.4, 0.5) is 4.79 Å². The summed E-state index contributed by atoms with van der Waals surface area (Å²) >= 11 is 0. The number of nitrogens with two attached hydrogens (primary N) is 1. The molecule has 0 saturated carbocycles. The SMILES string of the molecule is C/C(=N\NC(N)=O)C1=CCC(C)(C)CC1. The molecule has 0 bridgehead atoms. The number of primary amides is 1. The van der Waals surface area contributed by atoms with Gasteiger partial charge in [-0.05, 0) is 37.2 Å². The summed E-state index contributed by atoms with van der Waals surface area (Å²) in [5, 5.41) is 3.92. The van der Waals surface area contributed by atoms with Crippen molar-refractivity contribution in [1.29, 1.82) is 0 Å². The Kier molecular flexibility index (Phi) is 3.50. The molecule has 0 aromatic carbocycles. The minimum absolute atomic E-state index is 0.390. The highest BCUT2D eigenvalue weighted by Crippen LogP contribution is 2.34. The molecule has 0 saturated heterocycles. The Bertz CT molecular complexity index is 316. The number of rotatable bonds is 2. The van der Waals surface area contributed by atoms with Crippen LogP contribution < -0.4 is 11.2 Å². The van der Waals surface area contributed by atoms with Crippen molar-refractivity contribution in [1.82, 2.24) is 5.43 Å². The number of hydrogen-bond acceptors (Lipinski definition) is 2. The smallest absolute Gasteiger partial charge is 0.332 e. The Hall–Kier alpha value is -1.32. The lowest BCUT2D eigenvalue weighted by atomic mass is 9.77. The highest BCUT2D eigenvalue weighted by molar-refractivity contribution is 5.98. The molecule has 1 aliphatic rings. The first-order chi connectivity index (χ1) is 6.91. The fourth-order valence-electron chi connectivity index (χ4n) is 1.62. The number of amides is 2. The van der Waals surface area contributed by atoms with Crippen LogP contribution in [-0.4, -0.2) is 11.7 Å². The van der Waals surface area contributed by atoms with Gasteiger partial charge in [0, 0.05) is 0 Å². The maximum absolute atomic E-state index is 10.5. The lowest BCUT2D eigenvalue weighted by Crippen LogP contribution is -2.26. The van der Waals surface area contributed by atoms with Gasteiger partial charge in [-0.15, -0.1) is 0 Å². The molecule has 0 heterocycles. The zero-order valence-electron chi connectivity index (χ0n) is 9.63. The normalized spacial score (nSPS) is 20.7. The number of allylic oxidation sites excluding steroid dienone is 2. The number of carbonyl (C=O) groups excluding carboxylic acids is 1. The van der Waals surface area contributed by atoms with Crippen LogP contribution in [-0.2, 0) is 0 Å². The molecule has 0 unspecified atom stereocenters. The van der Waals surface area contributed by atoms with Crippen LogP contribution in [0.5, 0.6) is 0 Å². The number of hydrazone groups is 1. The van der Waals surface area contributed by atoms with Crippen molar-refractivity contribution >= 4 is 11.7 Å². The Balaban J connectivity index is 2.62. The van der Waals surface area contributed by atoms with E-state index in [1.165, 1.54) is 5.57 Å². The number of nitrogens with zero attached hydrogens (tertiary/aromatic N) is 1. The molecule has 4 heteroatoms. The van der Waals surface area contributed by atoms with Gasteiger partial charge in [-0.1, -0.05) is 19.9 Å². The summed E-state index contributed by atoms with van der Waals surface area (Å²) in [4.78, 5) is 10.5. The predicted molar refractivity (Wildman–Crippen MR) is 61.5 cm³/mol. The van der Waals surface area contributed by atoms with E-state index >= 15 is 0 Å². The number of carbonyl (C=O) groups is 1. The summed E-state index contributed by atoms with van der Waals surface area (Å²) in [6.45, 7) is 6.41. The molecule has 84 valence electrons. The summed E-state index contributed by atoms with van der Waals surface area (Å²) in [5.41, 5.74) is 9.64. The zero-order chi connectivity index (χ0) is 11.5. The number of nitrogens with one attached hydrogen (secondary N) is 1. The van der Waals surface area contributed by atoms with E-state index in [2.05, 4.69) is 30.5 Å². The van der Waals surface area contributed by atoms with Crippen LogP contribution in [0.25, 0.3) is 0 Å². The predicted octanol–water partition coefficient (Wildman–Crippen LogP) is 2.17. The molecular weight excluding hydrogens is 190 g/mol. The molecule has 0 aliphatic heterocycles. The molecule has 1 aliphatic carbocycles. The van der Waals surface area contributed by atoms with Crippen molar-refractivity contribution in [2.75, 3.05) is 0 Å². The molecule has 0 aromatic rings. The van der Waals surface area contributed by atoms with Gasteiger partial charge in [0.15, 0.2) is 0 Å². The largest absolute Gasteiger partial charge is 0.350 e. The van der Waals surface area contributed by atoms with Crippen LogP contribution >= 0.6 is 0 Å². The van der Waals surface area contributed by atoms with Gasteiger partial charge in [0.2, 0.25) is 0 Å². The minimum atomic E-state index is -0.619.